The van der Waals surface area contributed by atoms with Crippen LogP contribution in [0.3, 0.4) is 0 Å². The largest absolute Gasteiger partial charge is 0.495 e. The number of nitrogens with one attached hydrogen (secondary N) is 1. The van der Waals surface area contributed by atoms with Crippen LogP contribution in [0.5, 0.6) is 5.75 Å². The number of fused-ring (bicyclic) bond motifs is 3. The van der Waals surface area contributed by atoms with Gasteiger partial charge in [-0.15, -0.1) is 0 Å². The van der Waals surface area contributed by atoms with E-state index in [2.05, 4.69) is 15.3 Å². The summed E-state index contributed by atoms with van der Waals surface area (Å²) in [6, 6.07) is 9.30. The minimum absolute atomic E-state index is 0.656. The zero-order valence-electron chi connectivity index (χ0n) is 11.7. The predicted molar refractivity (Wildman–Crippen MR) is 87.9 cm³/mol. The Balaban J connectivity index is 1.80. The average Bonchev–Trinajstić information content (AvgIpc) is 3.12. The lowest BCUT2D eigenvalue weighted by Gasteiger charge is -2.09. The van der Waals surface area contributed by atoms with Gasteiger partial charge in [-0.1, -0.05) is 11.3 Å². The topological polar surface area (TPSA) is 86.2 Å². The maximum Gasteiger partial charge on any atom is 0.188 e. The molecule has 0 spiro atoms. The van der Waals surface area contributed by atoms with Crippen molar-refractivity contribution >= 4 is 49.2 Å². The monoisotopic (exact) mass is 312 g/mol. The van der Waals surface area contributed by atoms with Crippen molar-refractivity contribution in [3.8, 4) is 5.75 Å². The van der Waals surface area contributed by atoms with Gasteiger partial charge in [-0.05, 0) is 30.3 Å². The Morgan fingerprint density at radius 2 is 2.14 bits per heavy atom. The first-order valence-electron chi connectivity index (χ1n) is 6.58. The summed E-state index contributed by atoms with van der Waals surface area (Å²) >= 11 is 1.54. The molecular weight excluding hydrogens is 300 g/mol. The quantitative estimate of drug-likeness (QED) is 0.560. The lowest BCUT2D eigenvalue weighted by molar-refractivity contribution is 0.417. The number of aromatic nitrogens is 2. The predicted octanol–water partition coefficient (Wildman–Crippen LogP) is 3.77. The van der Waals surface area contributed by atoms with Gasteiger partial charge < -0.3 is 20.2 Å². The highest BCUT2D eigenvalue weighted by atomic mass is 32.1. The van der Waals surface area contributed by atoms with Crippen LogP contribution in [0.15, 0.2) is 41.1 Å². The summed E-state index contributed by atoms with van der Waals surface area (Å²) in [5.74, 6) is 0.708. The minimum atomic E-state index is 0.656. The third-order valence-corrected chi connectivity index (χ3v) is 4.26. The molecule has 0 aliphatic rings. The van der Waals surface area contributed by atoms with Crippen molar-refractivity contribution in [2.45, 2.75) is 0 Å². The summed E-state index contributed by atoms with van der Waals surface area (Å²) in [7, 11) is 1.62. The zero-order valence-corrected chi connectivity index (χ0v) is 12.5. The third-order valence-electron chi connectivity index (χ3n) is 3.32. The molecule has 0 saturated heterocycles. The van der Waals surface area contributed by atoms with Crippen molar-refractivity contribution in [3.05, 3.63) is 36.7 Å². The zero-order chi connectivity index (χ0) is 15.1. The lowest BCUT2D eigenvalue weighted by atomic mass is 10.2. The van der Waals surface area contributed by atoms with Crippen molar-refractivity contribution in [2.75, 3.05) is 18.2 Å². The molecule has 22 heavy (non-hydrogen) atoms. The molecule has 0 fully saturated rings. The standard InChI is InChI=1S/C15H12N4O2S/c1-20-10-3-2-8(16)6-9(10)18-15-19-14-12(22-15)5-4-11-13(14)17-7-21-11/h2-7H,16H2,1H3,(H,18,19). The summed E-state index contributed by atoms with van der Waals surface area (Å²) in [5, 5.41) is 4.00. The van der Waals surface area contributed by atoms with E-state index in [9.17, 15) is 0 Å². The number of benzene rings is 2. The Hall–Kier alpha value is -2.80. The van der Waals surface area contributed by atoms with E-state index in [0.717, 1.165) is 32.1 Å². The normalized spacial score (nSPS) is 11.1. The molecule has 2 aromatic heterocycles. The highest BCUT2D eigenvalue weighted by Gasteiger charge is 2.12. The number of rotatable bonds is 3. The van der Waals surface area contributed by atoms with Crippen LogP contribution in [-0.4, -0.2) is 17.1 Å². The Morgan fingerprint density at radius 3 is 3.00 bits per heavy atom. The number of anilines is 3. The van der Waals surface area contributed by atoms with Crippen molar-refractivity contribution in [2.24, 2.45) is 0 Å². The first-order valence-corrected chi connectivity index (χ1v) is 7.39. The molecule has 6 nitrogen and oxygen atoms in total. The molecule has 2 heterocycles. The van der Waals surface area contributed by atoms with Crippen LogP contribution in [0.2, 0.25) is 0 Å². The van der Waals surface area contributed by atoms with Crippen LogP contribution in [0, 0.1) is 0 Å². The molecular formula is C15H12N4O2S. The first kappa shape index (κ1) is 12.9. The average molecular weight is 312 g/mol. The highest BCUT2D eigenvalue weighted by Crippen LogP contribution is 2.35. The fourth-order valence-corrected chi connectivity index (χ4v) is 3.19. The maximum absolute atomic E-state index is 5.84. The van der Waals surface area contributed by atoms with E-state index in [-0.39, 0.29) is 0 Å². The molecule has 0 amide bonds. The molecule has 7 heteroatoms. The number of hydrogen-bond donors (Lipinski definition) is 2. The molecule has 0 atom stereocenters. The number of methoxy groups -OCH3 is 1. The summed E-state index contributed by atoms with van der Waals surface area (Å²) in [6.07, 6.45) is 1.43. The number of nitrogens with two attached hydrogens (primary N) is 1. The summed E-state index contributed by atoms with van der Waals surface area (Å²) in [6.45, 7) is 0. The van der Waals surface area contributed by atoms with E-state index in [1.165, 1.54) is 17.7 Å². The molecule has 2 aromatic carbocycles. The number of thiazole rings is 1. The van der Waals surface area contributed by atoms with Crippen LogP contribution in [0.1, 0.15) is 0 Å². The van der Waals surface area contributed by atoms with Crippen LogP contribution >= 0.6 is 11.3 Å². The van der Waals surface area contributed by atoms with E-state index >= 15 is 0 Å². The Morgan fingerprint density at radius 1 is 1.23 bits per heavy atom. The van der Waals surface area contributed by atoms with Gasteiger partial charge in [-0.2, -0.15) is 0 Å². The van der Waals surface area contributed by atoms with Gasteiger partial charge in [0.05, 0.1) is 17.5 Å². The fraction of sp³-hybridized carbons (Fsp3) is 0.0667. The van der Waals surface area contributed by atoms with E-state index in [4.69, 9.17) is 14.9 Å². The van der Waals surface area contributed by atoms with E-state index in [1.807, 2.05) is 24.3 Å². The van der Waals surface area contributed by atoms with Crippen molar-refractivity contribution in [3.63, 3.8) is 0 Å². The number of hydrogen-bond acceptors (Lipinski definition) is 7. The van der Waals surface area contributed by atoms with Crippen molar-refractivity contribution in [1.82, 2.24) is 9.97 Å². The van der Waals surface area contributed by atoms with Crippen LogP contribution < -0.4 is 15.8 Å². The van der Waals surface area contributed by atoms with Crippen molar-refractivity contribution < 1.29 is 9.15 Å². The Labute approximate surface area is 129 Å². The molecule has 110 valence electrons. The highest BCUT2D eigenvalue weighted by molar-refractivity contribution is 7.22. The smallest absolute Gasteiger partial charge is 0.188 e. The number of oxazole rings is 1. The van der Waals surface area contributed by atoms with Gasteiger partial charge in [-0.25, -0.2) is 9.97 Å². The fourth-order valence-electron chi connectivity index (χ4n) is 2.31. The molecule has 3 N–H and O–H groups in total. The third kappa shape index (κ3) is 2.03. The number of ether oxygens (including phenoxy) is 1. The van der Waals surface area contributed by atoms with Crippen LogP contribution in [0.25, 0.3) is 21.3 Å². The molecule has 0 saturated carbocycles. The second kappa shape index (κ2) is 4.88. The van der Waals surface area contributed by atoms with Gasteiger partial charge in [0.25, 0.3) is 0 Å². The second-order valence-corrected chi connectivity index (χ2v) is 5.75. The van der Waals surface area contributed by atoms with Gasteiger partial charge in [0.15, 0.2) is 17.1 Å². The minimum Gasteiger partial charge on any atom is -0.495 e. The van der Waals surface area contributed by atoms with Gasteiger partial charge in [0, 0.05) is 5.69 Å². The lowest BCUT2D eigenvalue weighted by Crippen LogP contribution is -1.95. The van der Waals surface area contributed by atoms with Gasteiger partial charge in [-0.3, -0.25) is 0 Å². The Bertz CT molecular complexity index is 976. The van der Waals surface area contributed by atoms with Crippen LogP contribution in [0.4, 0.5) is 16.5 Å². The summed E-state index contributed by atoms with van der Waals surface area (Å²) < 4.78 is 11.7. The molecule has 0 radical (unpaired) electrons. The molecule has 0 bridgehead atoms. The molecule has 0 aliphatic heterocycles. The maximum atomic E-state index is 5.84. The number of nitrogens with zero attached hydrogens (tertiary/aromatic N) is 2. The van der Waals surface area contributed by atoms with E-state index in [1.54, 1.807) is 13.2 Å². The Kier molecular flexibility index (Phi) is 2.87. The first-order chi connectivity index (χ1) is 10.7. The second-order valence-electron chi connectivity index (χ2n) is 4.72. The summed E-state index contributed by atoms with van der Waals surface area (Å²) in [5.41, 5.74) is 9.58. The molecule has 0 aliphatic carbocycles. The van der Waals surface area contributed by atoms with Gasteiger partial charge >= 0.3 is 0 Å². The SMILES string of the molecule is COc1ccc(N)cc1Nc1nc2c(ccc3ocnc32)s1. The van der Waals surface area contributed by atoms with Crippen LogP contribution in [-0.2, 0) is 0 Å². The van der Waals surface area contributed by atoms with Crippen molar-refractivity contribution in [1.29, 1.82) is 0 Å². The molecule has 0 unspecified atom stereocenters. The van der Waals surface area contributed by atoms with E-state index < -0.39 is 0 Å². The van der Waals surface area contributed by atoms with Gasteiger partial charge in [0.1, 0.15) is 16.8 Å². The molecule has 4 aromatic rings. The molecule has 4 rings (SSSR count). The van der Waals surface area contributed by atoms with E-state index in [0.29, 0.717) is 11.4 Å². The van der Waals surface area contributed by atoms with Gasteiger partial charge in [0.2, 0.25) is 0 Å². The number of nitrogen functional groups attached to an aromatic ring is 1. The summed E-state index contributed by atoms with van der Waals surface area (Å²) in [4.78, 5) is 8.82.